The quantitative estimate of drug-likeness (QED) is 0.278. The van der Waals surface area contributed by atoms with Gasteiger partial charge in [0.15, 0.2) is 0 Å². The Bertz CT molecular complexity index is 1210. The molecule has 4 aromatic rings. The summed E-state index contributed by atoms with van der Waals surface area (Å²) < 4.78 is 34.3. The fraction of sp³-hybridized carbons (Fsp3) is 0.290. The maximum absolute atomic E-state index is 13.8. The lowest BCUT2D eigenvalue weighted by molar-refractivity contribution is 0.0326. The van der Waals surface area contributed by atoms with Gasteiger partial charge in [0.1, 0.15) is 23.5 Å². The summed E-state index contributed by atoms with van der Waals surface area (Å²) >= 11 is 0. The molecule has 4 heteroatoms. The maximum atomic E-state index is 13.8. The number of hydrogen-bond donors (Lipinski definition) is 0. The molecular weight excluding hydrogens is 440 g/mol. The molecule has 0 N–H and O–H groups in total. The molecule has 0 radical (unpaired) electrons. The fourth-order valence-electron chi connectivity index (χ4n) is 5.47. The van der Waals surface area contributed by atoms with Gasteiger partial charge >= 0.3 is 0 Å². The van der Waals surface area contributed by atoms with Gasteiger partial charge in [-0.2, -0.15) is 0 Å². The molecule has 0 saturated carbocycles. The molecule has 2 unspecified atom stereocenters. The Morgan fingerprint density at radius 3 is 2.09 bits per heavy atom. The molecule has 1 fully saturated rings. The van der Waals surface area contributed by atoms with Crippen molar-refractivity contribution in [3.8, 4) is 5.75 Å². The smallest absolute Gasteiger partial charge is 0.123 e. The number of piperidine rings is 1. The molecule has 180 valence electrons. The van der Waals surface area contributed by atoms with Gasteiger partial charge in [0.05, 0.1) is 0 Å². The molecule has 2 nitrogen and oxygen atoms in total. The Balaban J connectivity index is 1.52. The van der Waals surface area contributed by atoms with E-state index in [-0.39, 0.29) is 29.6 Å². The predicted octanol–water partition coefficient (Wildman–Crippen LogP) is 7.43. The molecule has 0 amide bonds. The SMILES string of the molecule is CCCN1CCC(C(c2ccc(F)cc2)c2ccc(F)cc2)C(Oc2ccc3ccccc3c2)C1. The van der Waals surface area contributed by atoms with E-state index in [1.54, 1.807) is 0 Å². The average Bonchev–Trinajstić information content (AvgIpc) is 2.88. The van der Waals surface area contributed by atoms with Crippen molar-refractivity contribution in [3.63, 3.8) is 0 Å². The van der Waals surface area contributed by atoms with Crippen molar-refractivity contribution in [2.75, 3.05) is 19.6 Å². The molecule has 1 aliphatic rings. The second kappa shape index (κ2) is 10.6. The van der Waals surface area contributed by atoms with Crippen LogP contribution in [0, 0.1) is 17.6 Å². The second-order valence-corrected chi connectivity index (χ2v) is 9.50. The predicted molar refractivity (Wildman–Crippen MR) is 138 cm³/mol. The highest BCUT2D eigenvalue weighted by molar-refractivity contribution is 5.83. The van der Waals surface area contributed by atoms with Crippen LogP contribution in [0.2, 0.25) is 0 Å². The van der Waals surface area contributed by atoms with Gasteiger partial charge < -0.3 is 4.74 Å². The molecule has 2 atom stereocenters. The van der Waals surface area contributed by atoms with Crippen LogP contribution in [0.4, 0.5) is 8.78 Å². The Kier molecular flexibility index (Phi) is 7.10. The van der Waals surface area contributed by atoms with Crippen LogP contribution >= 0.6 is 0 Å². The molecule has 1 saturated heterocycles. The summed E-state index contributed by atoms with van der Waals surface area (Å²) in [5.74, 6) is 0.478. The minimum atomic E-state index is -0.256. The number of benzene rings is 4. The average molecular weight is 472 g/mol. The first-order chi connectivity index (χ1) is 17.1. The van der Waals surface area contributed by atoms with Crippen molar-refractivity contribution in [1.82, 2.24) is 4.90 Å². The van der Waals surface area contributed by atoms with Gasteiger partial charge in [-0.3, -0.25) is 4.90 Å². The minimum absolute atomic E-state index is 0.0227. The standard InChI is InChI=1S/C31H31F2NO/c1-2-18-34-19-17-29(30(21-34)35-28-16-11-22-5-3-4-6-25(22)20-28)31(23-7-12-26(32)13-8-23)24-9-14-27(33)15-10-24/h3-16,20,29-31H,2,17-19,21H2,1H3. The third-order valence-corrected chi connectivity index (χ3v) is 7.13. The van der Waals surface area contributed by atoms with Crippen LogP contribution in [0.15, 0.2) is 91.0 Å². The van der Waals surface area contributed by atoms with Crippen LogP contribution in [0.25, 0.3) is 10.8 Å². The molecule has 0 aromatic heterocycles. The lowest BCUT2D eigenvalue weighted by atomic mass is 9.74. The van der Waals surface area contributed by atoms with E-state index in [0.29, 0.717) is 0 Å². The zero-order valence-corrected chi connectivity index (χ0v) is 20.0. The fourth-order valence-corrected chi connectivity index (χ4v) is 5.47. The first-order valence-electron chi connectivity index (χ1n) is 12.5. The van der Waals surface area contributed by atoms with Crippen molar-refractivity contribution in [3.05, 3.63) is 114 Å². The Hall–Kier alpha value is -3.24. The molecule has 1 heterocycles. The molecular formula is C31H31F2NO. The maximum Gasteiger partial charge on any atom is 0.123 e. The summed E-state index contributed by atoms with van der Waals surface area (Å²) in [5, 5.41) is 2.33. The highest BCUT2D eigenvalue weighted by Gasteiger charge is 2.37. The minimum Gasteiger partial charge on any atom is -0.489 e. The van der Waals surface area contributed by atoms with E-state index in [2.05, 4.69) is 36.1 Å². The molecule has 35 heavy (non-hydrogen) atoms. The van der Waals surface area contributed by atoms with Crippen LogP contribution in [0.3, 0.4) is 0 Å². The largest absolute Gasteiger partial charge is 0.489 e. The Morgan fingerprint density at radius 1 is 0.829 bits per heavy atom. The van der Waals surface area contributed by atoms with Crippen molar-refractivity contribution in [2.24, 2.45) is 5.92 Å². The third kappa shape index (κ3) is 5.38. The van der Waals surface area contributed by atoms with E-state index >= 15 is 0 Å². The van der Waals surface area contributed by atoms with Crippen molar-refractivity contribution in [1.29, 1.82) is 0 Å². The molecule has 5 rings (SSSR count). The summed E-state index contributed by atoms with van der Waals surface area (Å²) in [4.78, 5) is 2.47. The van der Waals surface area contributed by atoms with Gasteiger partial charge in [0.2, 0.25) is 0 Å². The third-order valence-electron chi connectivity index (χ3n) is 7.13. The second-order valence-electron chi connectivity index (χ2n) is 9.50. The molecule has 1 aliphatic heterocycles. The molecule has 4 aromatic carbocycles. The van der Waals surface area contributed by atoms with E-state index < -0.39 is 0 Å². The van der Waals surface area contributed by atoms with Crippen LogP contribution < -0.4 is 4.74 Å². The normalized spacial score (nSPS) is 18.7. The summed E-state index contributed by atoms with van der Waals surface area (Å²) in [6.07, 6.45) is 1.97. The molecule has 0 bridgehead atoms. The molecule has 0 aliphatic carbocycles. The van der Waals surface area contributed by atoms with Crippen LogP contribution in [0.1, 0.15) is 36.8 Å². The first kappa shape index (κ1) is 23.5. The number of fused-ring (bicyclic) bond motifs is 1. The van der Waals surface area contributed by atoms with Crippen LogP contribution in [-0.2, 0) is 0 Å². The van der Waals surface area contributed by atoms with Gasteiger partial charge in [-0.05, 0) is 84.2 Å². The van der Waals surface area contributed by atoms with E-state index in [4.69, 9.17) is 4.74 Å². The highest BCUT2D eigenvalue weighted by atomic mass is 19.1. The van der Waals surface area contributed by atoms with Gasteiger partial charge in [0.25, 0.3) is 0 Å². The van der Waals surface area contributed by atoms with Crippen LogP contribution in [0.5, 0.6) is 5.75 Å². The highest BCUT2D eigenvalue weighted by Crippen LogP contribution is 2.40. The van der Waals surface area contributed by atoms with E-state index in [1.807, 2.05) is 42.5 Å². The lowest BCUT2D eigenvalue weighted by Gasteiger charge is -2.42. The van der Waals surface area contributed by atoms with E-state index in [0.717, 1.165) is 54.7 Å². The number of ether oxygens (including phenoxy) is 1. The number of likely N-dealkylation sites (tertiary alicyclic amines) is 1. The van der Waals surface area contributed by atoms with Gasteiger partial charge in [0, 0.05) is 18.4 Å². The van der Waals surface area contributed by atoms with Gasteiger partial charge in [-0.1, -0.05) is 61.5 Å². The number of rotatable bonds is 7. The van der Waals surface area contributed by atoms with Crippen molar-refractivity contribution >= 4 is 10.8 Å². The van der Waals surface area contributed by atoms with Crippen molar-refractivity contribution in [2.45, 2.75) is 31.8 Å². The number of halogens is 2. The number of hydrogen-bond acceptors (Lipinski definition) is 2. The monoisotopic (exact) mass is 471 g/mol. The van der Waals surface area contributed by atoms with Gasteiger partial charge in [-0.15, -0.1) is 0 Å². The summed E-state index contributed by atoms with van der Waals surface area (Å²) in [5.41, 5.74) is 2.05. The van der Waals surface area contributed by atoms with Crippen molar-refractivity contribution < 1.29 is 13.5 Å². The van der Waals surface area contributed by atoms with E-state index in [1.165, 1.54) is 29.7 Å². The molecule has 0 spiro atoms. The van der Waals surface area contributed by atoms with E-state index in [9.17, 15) is 8.78 Å². The summed E-state index contributed by atoms with van der Waals surface area (Å²) in [6.45, 7) is 5.03. The van der Waals surface area contributed by atoms with Gasteiger partial charge in [-0.25, -0.2) is 8.78 Å². The van der Waals surface area contributed by atoms with Crippen LogP contribution in [-0.4, -0.2) is 30.6 Å². The summed E-state index contributed by atoms with van der Waals surface area (Å²) in [7, 11) is 0. The Morgan fingerprint density at radius 2 is 1.46 bits per heavy atom. The number of nitrogens with zero attached hydrogens (tertiary/aromatic N) is 1. The lowest BCUT2D eigenvalue weighted by Crippen LogP contribution is -2.48. The zero-order valence-electron chi connectivity index (χ0n) is 20.0. The topological polar surface area (TPSA) is 12.5 Å². The summed E-state index contributed by atoms with van der Waals surface area (Å²) in [6, 6.07) is 28.0. The first-order valence-corrected chi connectivity index (χ1v) is 12.5. The zero-order chi connectivity index (χ0) is 24.2. The Labute approximate surface area is 206 Å².